The summed E-state index contributed by atoms with van der Waals surface area (Å²) in [7, 11) is 0. The Morgan fingerprint density at radius 3 is 2.69 bits per heavy atom. The van der Waals surface area contributed by atoms with Crippen LogP contribution in [0.3, 0.4) is 0 Å². The first-order valence-corrected chi connectivity index (χ1v) is 5.63. The molecule has 0 N–H and O–H groups in total. The fourth-order valence-corrected chi connectivity index (χ4v) is 1.54. The van der Waals surface area contributed by atoms with Gasteiger partial charge in [-0.3, -0.25) is 4.79 Å². The van der Waals surface area contributed by atoms with Gasteiger partial charge in [0.15, 0.2) is 5.78 Å². The number of alkyl halides is 2. The lowest BCUT2D eigenvalue weighted by molar-refractivity contribution is -0.116. The van der Waals surface area contributed by atoms with Crippen LogP contribution in [-0.4, -0.2) is 11.7 Å². The zero-order chi connectivity index (χ0) is 9.68. The third-order valence-electron chi connectivity index (χ3n) is 1.70. The Morgan fingerprint density at radius 2 is 2.08 bits per heavy atom. The molecule has 0 aliphatic rings. The fourth-order valence-electron chi connectivity index (χ4n) is 1.10. The molecule has 0 bridgehead atoms. The van der Waals surface area contributed by atoms with Crippen molar-refractivity contribution >= 4 is 33.3 Å². The number of Topliss-reactive ketones (excluding diaryl/α,β-unsaturated/α-hetero) is 1. The van der Waals surface area contributed by atoms with E-state index in [0.717, 1.165) is 10.9 Å². The van der Waals surface area contributed by atoms with E-state index in [9.17, 15) is 4.79 Å². The SMILES string of the molecule is O=C(CCl)Cc1cccc(CBr)c1. The van der Waals surface area contributed by atoms with Crippen LogP contribution in [0.2, 0.25) is 0 Å². The first-order chi connectivity index (χ1) is 6.26. The minimum atomic E-state index is 0.0633. The number of carbonyl (C=O) groups excluding carboxylic acids is 1. The van der Waals surface area contributed by atoms with Crippen LogP contribution >= 0.6 is 27.5 Å². The Bertz CT molecular complexity index is 299. The lowest BCUT2D eigenvalue weighted by Crippen LogP contribution is -2.03. The number of benzene rings is 1. The molecule has 0 fully saturated rings. The van der Waals surface area contributed by atoms with Crippen molar-refractivity contribution in [3.63, 3.8) is 0 Å². The van der Waals surface area contributed by atoms with Gasteiger partial charge < -0.3 is 0 Å². The molecule has 3 heteroatoms. The highest BCUT2D eigenvalue weighted by molar-refractivity contribution is 9.08. The molecule has 1 aromatic carbocycles. The summed E-state index contributed by atoms with van der Waals surface area (Å²) in [6.45, 7) is 0. The molecule has 0 radical (unpaired) electrons. The van der Waals surface area contributed by atoms with Crippen LogP contribution in [0.25, 0.3) is 0 Å². The maximum absolute atomic E-state index is 11.0. The monoisotopic (exact) mass is 260 g/mol. The second-order valence-corrected chi connectivity index (χ2v) is 3.63. The minimum absolute atomic E-state index is 0.0633. The van der Waals surface area contributed by atoms with Gasteiger partial charge in [-0.2, -0.15) is 0 Å². The van der Waals surface area contributed by atoms with Crippen LogP contribution in [-0.2, 0) is 16.5 Å². The Labute approximate surface area is 91.2 Å². The average molecular weight is 262 g/mol. The normalized spacial score (nSPS) is 10.0. The van der Waals surface area contributed by atoms with Crippen LogP contribution in [0.4, 0.5) is 0 Å². The maximum atomic E-state index is 11.0. The summed E-state index contributed by atoms with van der Waals surface area (Å²) in [6.07, 6.45) is 0.435. The highest BCUT2D eigenvalue weighted by atomic mass is 79.9. The Kier molecular flexibility index (Phi) is 4.46. The number of rotatable bonds is 4. The molecule has 1 nitrogen and oxygen atoms in total. The fraction of sp³-hybridized carbons (Fsp3) is 0.300. The molecule has 0 spiro atoms. The highest BCUT2D eigenvalue weighted by Gasteiger charge is 2.01. The van der Waals surface area contributed by atoms with Crippen molar-refractivity contribution in [3.8, 4) is 0 Å². The molecular formula is C10H10BrClO. The van der Waals surface area contributed by atoms with Gasteiger partial charge >= 0.3 is 0 Å². The van der Waals surface area contributed by atoms with Gasteiger partial charge in [0.05, 0.1) is 5.88 Å². The highest BCUT2D eigenvalue weighted by Crippen LogP contribution is 2.09. The molecule has 0 heterocycles. The number of hydrogen-bond donors (Lipinski definition) is 0. The average Bonchev–Trinajstić information content (AvgIpc) is 2.18. The van der Waals surface area contributed by atoms with E-state index in [1.165, 1.54) is 5.56 Å². The molecule has 0 amide bonds. The summed E-state index contributed by atoms with van der Waals surface area (Å²) in [5, 5.41) is 0.815. The van der Waals surface area contributed by atoms with Crippen LogP contribution in [0.1, 0.15) is 11.1 Å². The number of ketones is 1. The van der Waals surface area contributed by atoms with Gasteiger partial charge in [0.2, 0.25) is 0 Å². The van der Waals surface area contributed by atoms with Crippen LogP contribution in [0.5, 0.6) is 0 Å². The van der Waals surface area contributed by atoms with E-state index in [2.05, 4.69) is 15.9 Å². The number of carbonyl (C=O) groups is 1. The van der Waals surface area contributed by atoms with Crippen molar-refractivity contribution in [1.29, 1.82) is 0 Å². The molecule has 13 heavy (non-hydrogen) atoms. The van der Waals surface area contributed by atoms with Crippen LogP contribution in [0.15, 0.2) is 24.3 Å². The van der Waals surface area contributed by atoms with Gasteiger partial charge in [0, 0.05) is 11.8 Å². The van der Waals surface area contributed by atoms with E-state index in [1.807, 2.05) is 24.3 Å². The second kappa shape index (κ2) is 5.40. The molecule has 0 saturated carbocycles. The first kappa shape index (κ1) is 10.7. The van der Waals surface area contributed by atoms with Gasteiger partial charge in [-0.05, 0) is 11.1 Å². The topological polar surface area (TPSA) is 17.1 Å². The van der Waals surface area contributed by atoms with Crippen molar-refractivity contribution < 1.29 is 4.79 Å². The van der Waals surface area contributed by atoms with Crippen molar-refractivity contribution in [1.82, 2.24) is 0 Å². The van der Waals surface area contributed by atoms with Crippen molar-refractivity contribution in [2.75, 3.05) is 5.88 Å². The first-order valence-electron chi connectivity index (χ1n) is 3.97. The largest absolute Gasteiger partial charge is 0.298 e. The summed E-state index contributed by atoms with van der Waals surface area (Å²) in [5.41, 5.74) is 2.21. The molecule has 1 aromatic rings. The summed E-state index contributed by atoms with van der Waals surface area (Å²) < 4.78 is 0. The summed E-state index contributed by atoms with van der Waals surface area (Å²) in [4.78, 5) is 11.0. The van der Waals surface area contributed by atoms with Gasteiger partial charge in [-0.1, -0.05) is 40.2 Å². The lowest BCUT2D eigenvalue weighted by atomic mass is 10.1. The molecule has 0 saturated heterocycles. The summed E-state index contributed by atoms with van der Waals surface area (Å²) in [6, 6.07) is 7.92. The molecule has 0 aliphatic carbocycles. The van der Waals surface area contributed by atoms with E-state index in [0.29, 0.717) is 6.42 Å². The standard InChI is InChI=1S/C10H10BrClO/c11-6-9-3-1-2-8(4-9)5-10(13)7-12/h1-4H,5-7H2. The minimum Gasteiger partial charge on any atom is -0.298 e. The van der Waals surface area contributed by atoms with Crippen LogP contribution in [0, 0.1) is 0 Å². The van der Waals surface area contributed by atoms with Gasteiger partial charge in [-0.15, -0.1) is 11.6 Å². The van der Waals surface area contributed by atoms with E-state index >= 15 is 0 Å². The smallest absolute Gasteiger partial charge is 0.151 e. The molecule has 70 valence electrons. The molecule has 0 atom stereocenters. The predicted molar refractivity (Wildman–Crippen MR) is 58.5 cm³/mol. The van der Waals surface area contributed by atoms with E-state index < -0.39 is 0 Å². The van der Waals surface area contributed by atoms with Crippen LogP contribution < -0.4 is 0 Å². The lowest BCUT2D eigenvalue weighted by Gasteiger charge is -2.00. The van der Waals surface area contributed by atoms with E-state index in [1.54, 1.807) is 0 Å². The molecule has 1 rings (SSSR count). The second-order valence-electron chi connectivity index (χ2n) is 2.80. The Balaban J connectivity index is 2.71. The van der Waals surface area contributed by atoms with Crippen molar-refractivity contribution in [3.05, 3.63) is 35.4 Å². The number of hydrogen-bond acceptors (Lipinski definition) is 1. The Hall–Kier alpha value is -0.340. The van der Waals surface area contributed by atoms with E-state index in [-0.39, 0.29) is 11.7 Å². The van der Waals surface area contributed by atoms with Gasteiger partial charge in [0.25, 0.3) is 0 Å². The van der Waals surface area contributed by atoms with Crippen molar-refractivity contribution in [2.45, 2.75) is 11.8 Å². The van der Waals surface area contributed by atoms with E-state index in [4.69, 9.17) is 11.6 Å². The number of halogens is 2. The Morgan fingerprint density at radius 1 is 1.38 bits per heavy atom. The third kappa shape index (κ3) is 3.49. The van der Waals surface area contributed by atoms with Crippen molar-refractivity contribution in [2.24, 2.45) is 0 Å². The molecule has 0 aromatic heterocycles. The molecule has 0 aliphatic heterocycles. The summed E-state index contributed by atoms with van der Waals surface area (Å²) in [5.74, 6) is 0.159. The third-order valence-corrected chi connectivity index (χ3v) is 2.64. The predicted octanol–water partition coefficient (Wildman–Crippen LogP) is 2.93. The van der Waals surface area contributed by atoms with Gasteiger partial charge in [0.1, 0.15) is 0 Å². The summed E-state index contributed by atoms with van der Waals surface area (Å²) >= 11 is 8.78. The maximum Gasteiger partial charge on any atom is 0.151 e. The zero-order valence-corrected chi connectivity index (χ0v) is 9.44. The molecular weight excluding hydrogens is 251 g/mol. The van der Waals surface area contributed by atoms with Gasteiger partial charge in [-0.25, -0.2) is 0 Å². The molecule has 0 unspecified atom stereocenters. The quantitative estimate of drug-likeness (QED) is 0.762. The zero-order valence-electron chi connectivity index (χ0n) is 7.09.